The van der Waals surface area contributed by atoms with Crippen molar-refractivity contribution in [3.8, 4) is 11.5 Å². The number of carbonyl (C=O) groups excluding carboxylic acids is 2. The minimum atomic E-state index is -0.418. The van der Waals surface area contributed by atoms with Crippen molar-refractivity contribution in [1.29, 1.82) is 0 Å². The van der Waals surface area contributed by atoms with Crippen LogP contribution in [0.25, 0.3) is 10.9 Å². The number of ether oxygens (including phenoxy) is 3. The summed E-state index contributed by atoms with van der Waals surface area (Å²) >= 11 is 0. The standard InChI is InChI=1S/C26H26FN5O5/c1-35-17-3-4-22-19(7-17)20(21(27)9-29-22)8-28-15-10-31(11-15)12-18-13-32(26(34)37-18)16-2-5-24-23(6-16)30-25(33)14-36-24/h2-7,9,15,18,28H,8,10-14H2,1H3,(H,30,33)/t18-/m1/s1. The summed E-state index contributed by atoms with van der Waals surface area (Å²) in [4.78, 5) is 32.1. The molecule has 0 radical (unpaired) electrons. The van der Waals surface area contributed by atoms with Crippen LogP contribution < -0.4 is 25.0 Å². The third kappa shape index (κ3) is 4.63. The Morgan fingerprint density at radius 3 is 2.89 bits per heavy atom. The normalized spacial score (nSPS) is 19.7. The number of amides is 2. The van der Waals surface area contributed by atoms with Gasteiger partial charge >= 0.3 is 6.09 Å². The molecule has 0 saturated carbocycles. The zero-order chi connectivity index (χ0) is 25.5. The monoisotopic (exact) mass is 507 g/mol. The van der Waals surface area contributed by atoms with Gasteiger partial charge < -0.3 is 24.8 Å². The number of halogens is 1. The molecule has 2 N–H and O–H groups in total. The lowest BCUT2D eigenvalue weighted by molar-refractivity contribution is -0.118. The number of methoxy groups -OCH3 is 1. The van der Waals surface area contributed by atoms with Gasteiger partial charge in [-0.25, -0.2) is 9.18 Å². The number of benzene rings is 2. The summed E-state index contributed by atoms with van der Waals surface area (Å²) in [5.41, 5.74) is 2.46. The van der Waals surface area contributed by atoms with E-state index in [2.05, 4.69) is 20.5 Å². The summed E-state index contributed by atoms with van der Waals surface area (Å²) < 4.78 is 30.8. The fourth-order valence-electron chi connectivity index (χ4n) is 4.96. The Kier molecular flexibility index (Phi) is 6.01. The van der Waals surface area contributed by atoms with Gasteiger partial charge in [0.2, 0.25) is 0 Å². The van der Waals surface area contributed by atoms with Crippen LogP contribution in [0.1, 0.15) is 5.56 Å². The van der Waals surface area contributed by atoms with Gasteiger partial charge in [0.25, 0.3) is 5.91 Å². The number of carbonyl (C=O) groups is 2. The lowest BCUT2D eigenvalue weighted by Crippen LogP contribution is -2.59. The molecule has 3 aliphatic rings. The van der Waals surface area contributed by atoms with Crippen molar-refractivity contribution in [2.45, 2.75) is 18.7 Å². The van der Waals surface area contributed by atoms with Crippen molar-refractivity contribution in [2.75, 3.05) is 50.1 Å². The van der Waals surface area contributed by atoms with E-state index >= 15 is 0 Å². The van der Waals surface area contributed by atoms with E-state index in [1.807, 2.05) is 12.1 Å². The van der Waals surface area contributed by atoms with Crippen LogP contribution in [0, 0.1) is 5.82 Å². The summed E-state index contributed by atoms with van der Waals surface area (Å²) in [6, 6.07) is 10.9. The molecule has 2 saturated heterocycles. The second-order valence-electron chi connectivity index (χ2n) is 9.40. The number of nitrogens with one attached hydrogen (secondary N) is 2. The van der Waals surface area contributed by atoms with E-state index in [4.69, 9.17) is 14.2 Å². The summed E-state index contributed by atoms with van der Waals surface area (Å²) in [6.07, 6.45) is 0.561. The van der Waals surface area contributed by atoms with Crippen LogP contribution in [0.5, 0.6) is 11.5 Å². The Hall–Kier alpha value is -3.96. The maximum absolute atomic E-state index is 14.6. The molecular formula is C26H26FN5O5. The first-order valence-corrected chi connectivity index (χ1v) is 12.1. The lowest BCUT2D eigenvalue weighted by Gasteiger charge is -2.40. The Bertz CT molecular complexity index is 1380. The van der Waals surface area contributed by atoms with E-state index in [9.17, 15) is 14.0 Å². The molecule has 1 aromatic heterocycles. The zero-order valence-electron chi connectivity index (χ0n) is 20.2. The number of nitrogens with zero attached hydrogens (tertiary/aromatic N) is 3. The van der Waals surface area contributed by atoms with Crippen LogP contribution >= 0.6 is 0 Å². The molecule has 192 valence electrons. The van der Waals surface area contributed by atoms with Gasteiger partial charge in [0.1, 0.15) is 23.4 Å². The van der Waals surface area contributed by atoms with E-state index in [-0.39, 0.29) is 30.5 Å². The molecule has 3 aliphatic heterocycles. The highest BCUT2D eigenvalue weighted by molar-refractivity contribution is 5.97. The molecule has 0 aliphatic carbocycles. The second-order valence-corrected chi connectivity index (χ2v) is 9.40. The average molecular weight is 508 g/mol. The molecule has 11 heteroatoms. The molecular weight excluding hydrogens is 481 g/mol. The fourth-order valence-corrected chi connectivity index (χ4v) is 4.96. The van der Waals surface area contributed by atoms with Gasteiger partial charge in [-0.1, -0.05) is 0 Å². The van der Waals surface area contributed by atoms with Crippen molar-refractivity contribution in [2.24, 2.45) is 0 Å². The maximum Gasteiger partial charge on any atom is 0.414 e. The Labute approximate surface area is 212 Å². The lowest BCUT2D eigenvalue weighted by atomic mass is 10.1. The highest BCUT2D eigenvalue weighted by atomic mass is 19.1. The van der Waals surface area contributed by atoms with E-state index < -0.39 is 6.09 Å². The quantitative estimate of drug-likeness (QED) is 0.503. The molecule has 37 heavy (non-hydrogen) atoms. The number of aromatic nitrogens is 1. The van der Waals surface area contributed by atoms with Crippen LogP contribution in [0.3, 0.4) is 0 Å². The molecule has 1 atom stereocenters. The number of hydrogen-bond acceptors (Lipinski definition) is 8. The molecule has 2 aromatic carbocycles. The predicted molar refractivity (Wildman–Crippen MR) is 134 cm³/mol. The third-order valence-corrected chi connectivity index (χ3v) is 6.90. The van der Waals surface area contributed by atoms with Gasteiger partial charge in [-0.2, -0.15) is 0 Å². The number of likely N-dealkylation sites (tertiary alicyclic amines) is 1. The number of hydrogen-bond donors (Lipinski definition) is 2. The largest absolute Gasteiger partial charge is 0.497 e. The Morgan fingerprint density at radius 1 is 1.19 bits per heavy atom. The topological polar surface area (TPSA) is 105 Å². The molecule has 6 rings (SSSR count). The molecule has 0 spiro atoms. The van der Waals surface area contributed by atoms with Gasteiger partial charge in [0, 0.05) is 48.9 Å². The Morgan fingerprint density at radius 2 is 2.05 bits per heavy atom. The Balaban J connectivity index is 1.02. The van der Waals surface area contributed by atoms with E-state index in [1.165, 1.54) is 6.20 Å². The number of rotatable bonds is 7. The molecule has 3 aromatic rings. The minimum Gasteiger partial charge on any atom is -0.497 e. The van der Waals surface area contributed by atoms with Crippen LogP contribution in [0.2, 0.25) is 0 Å². The first-order chi connectivity index (χ1) is 18.0. The molecule has 10 nitrogen and oxygen atoms in total. The van der Waals surface area contributed by atoms with E-state index in [1.54, 1.807) is 36.3 Å². The van der Waals surface area contributed by atoms with Gasteiger partial charge in [-0.15, -0.1) is 0 Å². The second kappa shape index (κ2) is 9.49. The van der Waals surface area contributed by atoms with Crippen LogP contribution in [0.4, 0.5) is 20.6 Å². The highest BCUT2D eigenvalue weighted by Crippen LogP contribution is 2.33. The van der Waals surface area contributed by atoms with Crippen molar-refractivity contribution >= 4 is 34.3 Å². The highest BCUT2D eigenvalue weighted by Gasteiger charge is 2.37. The maximum atomic E-state index is 14.6. The summed E-state index contributed by atoms with van der Waals surface area (Å²) in [5.74, 6) is 0.651. The third-order valence-electron chi connectivity index (χ3n) is 6.90. The van der Waals surface area contributed by atoms with Crippen molar-refractivity contribution in [3.05, 3.63) is 54.0 Å². The van der Waals surface area contributed by atoms with Gasteiger partial charge in [0.15, 0.2) is 6.61 Å². The fraction of sp³-hybridized carbons (Fsp3) is 0.346. The smallest absolute Gasteiger partial charge is 0.414 e. The van der Waals surface area contributed by atoms with Crippen LogP contribution in [-0.4, -0.2) is 73.9 Å². The van der Waals surface area contributed by atoms with Gasteiger partial charge in [-0.05, 0) is 36.4 Å². The minimum absolute atomic E-state index is 0.0191. The number of anilines is 2. The summed E-state index contributed by atoms with van der Waals surface area (Å²) in [7, 11) is 1.58. The average Bonchev–Trinajstić information content (AvgIpc) is 3.25. The number of pyridine rings is 1. The van der Waals surface area contributed by atoms with Gasteiger partial charge in [-0.3, -0.25) is 19.6 Å². The molecule has 2 amide bonds. The zero-order valence-corrected chi connectivity index (χ0v) is 20.2. The predicted octanol–water partition coefficient (Wildman–Crippen LogP) is 2.51. The van der Waals surface area contributed by atoms with E-state index in [0.717, 1.165) is 24.0 Å². The SMILES string of the molecule is COc1ccc2ncc(F)c(CNC3CN(C[C@@H]4CN(c5ccc6c(c5)NC(=O)CO6)C(=O)O4)C3)c2c1. The molecule has 0 unspecified atom stereocenters. The first-order valence-electron chi connectivity index (χ1n) is 12.1. The van der Waals surface area contributed by atoms with Crippen molar-refractivity contribution in [1.82, 2.24) is 15.2 Å². The number of cyclic esters (lactones) is 1. The first kappa shape index (κ1) is 23.4. The van der Waals surface area contributed by atoms with E-state index in [0.29, 0.717) is 48.1 Å². The molecule has 4 heterocycles. The molecule has 2 fully saturated rings. The van der Waals surface area contributed by atoms with Crippen molar-refractivity contribution in [3.63, 3.8) is 0 Å². The number of fused-ring (bicyclic) bond motifs is 2. The van der Waals surface area contributed by atoms with Gasteiger partial charge in [0.05, 0.1) is 31.1 Å². The molecule has 0 bridgehead atoms. The van der Waals surface area contributed by atoms with Crippen LogP contribution in [-0.2, 0) is 16.1 Å². The summed E-state index contributed by atoms with van der Waals surface area (Å²) in [5, 5.41) is 6.91. The van der Waals surface area contributed by atoms with Crippen LogP contribution in [0.15, 0.2) is 42.6 Å². The summed E-state index contributed by atoms with van der Waals surface area (Å²) in [6.45, 7) is 2.91. The van der Waals surface area contributed by atoms with Crippen molar-refractivity contribution < 1.29 is 28.2 Å².